The second kappa shape index (κ2) is 6.60. The van der Waals surface area contributed by atoms with Gasteiger partial charge in [-0.2, -0.15) is 0 Å². The molecule has 19 heavy (non-hydrogen) atoms. The van der Waals surface area contributed by atoms with Gasteiger partial charge in [0.15, 0.2) is 6.10 Å². The van der Waals surface area contributed by atoms with Gasteiger partial charge in [-0.05, 0) is 38.3 Å². The molecule has 0 spiro atoms. The number of hydrogen-bond donors (Lipinski definition) is 1. The number of para-hydroxylation sites is 1. The highest BCUT2D eigenvalue weighted by Gasteiger charge is 2.20. The third-order valence-corrected chi connectivity index (χ3v) is 3.72. The third-order valence-electron chi connectivity index (χ3n) is 3.72. The molecule has 0 saturated heterocycles. The molecule has 1 aromatic carbocycles. The van der Waals surface area contributed by atoms with Gasteiger partial charge in [0.05, 0.1) is 0 Å². The van der Waals surface area contributed by atoms with Crippen molar-refractivity contribution in [2.45, 2.75) is 58.1 Å². The van der Waals surface area contributed by atoms with Crippen LogP contribution in [0.15, 0.2) is 24.3 Å². The predicted octanol–water partition coefficient (Wildman–Crippen LogP) is 3.21. The number of carbonyl (C=O) groups excluding carboxylic acids is 1. The second-order valence-corrected chi connectivity index (χ2v) is 5.37. The van der Waals surface area contributed by atoms with Crippen molar-refractivity contribution >= 4 is 5.91 Å². The third kappa shape index (κ3) is 3.98. The fraction of sp³-hybridized carbons (Fsp3) is 0.562. The molecule has 0 aliphatic heterocycles. The Morgan fingerprint density at radius 3 is 2.63 bits per heavy atom. The predicted molar refractivity (Wildman–Crippen MR) is 76.3 cm³/mol. The summed E-state index contributed by atoms with van der Waals surface area (Å²) in [4.78, 5) is 12.1. The summed E-state index contributed by atoms with van der Waals surface area (Å²) < 4.78 is 5.74. The average Bonchev–Trinajstić information content (AvgIpc) is 2.42. The quantitative estimate of drug-likeness (QED) is 0.903. The first kappa shape index (κ1) is 13.9. The zero-order chi connectivity index (χ0) is 13.7. The molecule has 3 nitrogen and oxygen atoms in total. The van der Waals surface area contributed by atoms with Gasteiger partial charge in [0.1, 0.15) is 5.75 Å². The topological polar surface area (TPSA) is 38.3 Å². The van der Waals surface area contributed by atoms with Gasteiger partial charge in [-0.25, -0.2) is 0 Å². The molecule has 1 N–H and O–H groups in total. The van der Waals surface area contributed by atoms with E-state index in [0.717, 1.165) is 24.2 Å². The Kier molecular flexibility index (Phi) is 4.83. The summed E-state index contributed by atoms with van der Waals surface area (Å²) in [5, 5.41) is 3.09. The van der Waals surface area contributed by atoms with E-state index in [1.165, 1.54) is 19.3 Å². The maximum atomic E-state index is 12.1. The summed E-state index contributed by atoms with van der Waals surface area (Å²) in [5.74, 6) is 0.781. The van der Waals surface area contributed by atoms with Crippen LogP contribution in [-0.4, -0.2) is 18.1 Å². The molecule has 1 aliphatic carbocycles. The first-order valence-electron chi connectivity index (χ1n) is 7.19. The summed E-state index contributed by atoms with van der Waals surface area (Å²) in [7, 11) is 0. The van der Waals surface area contributed by atoms with Gasteiger partial charge >= 0.3 is 0 Å². The average molecular weight is 261 g/mol. The van der Waals surface area contributed by atoms with Crippen LogP contribution >= 0.6 is 0 Å². The van der Waals surface area contributed by atoms with E-state index in [2.05, 4.69) is 5.32 Å². The molecule has 2 rings (SSSR count). The van der Waals surface area contributed by atoms with Gasteiger partial charge in [-0.1, -0.05) is 37.5 Å². The molecule has 0 aromatic heterocycles. The Morgan fingerprint density at radius 1 is 1.26 bits per heavy atom. The first-order valence-corrected chi connectivity index (χ1v) is 7.19. The standard InChI is InChI=1S/C16H23NO2/c1-12-8-6-7-11-15(12)19-13(2)16(18)17-14-9-4-3-5-10-14/h6-8,11,13-14H,3-5,9-10H2,1-2H3,(H,17,18)/t13-/m1/s1. The van der Waals surface area contributed by atoms with Gasteiger partial charge in [0.25, 0.3) is 5.91 Å². The highest BCUT2D eigenvalue weighted by molar-refractivity contribution is 5.81. The maximum absolute atomic E-state index is 12.1. The Labute approximate surface area is 115 Å². The molecule has 1 amide bonds. The van der Waals surface area contributed by atoms with E-state index >= 15 is 0 Å². The van der Waals surface area contributed by atoms with Crippen LogP contribution in [0.5, 0.6) is 5.75 Å². The molecule has 1 saturated carbocycles. The van der Waals surface area contributed by atoms with Crippen molar-refractivity contribution in [2.24, 2.45) is 0 Å². The molecule has 1 atom stereocenters. The SMILES string of the molecule is Cc1ccccc1O[C@H](C)C(=O)NC1CCCCC1. The minimum Gasteiger partial charge on any atom is -0.481 e. The fourth-order valence-electron chi connectivity index (χ4n) is 2.50. The molecule has 1 fully saturated rings. The Hall–Kier alpha value is -1.51. The highest BCUT2D eigenvalue weighted by Crippen LogP contribution is 2.19. The van der Waals surface area contributed by atoms with Crippen molar-refractivity contribution in [1.82, 2.24) is 5.32 Å². The van der Waals surface area contributed by atoms with Crippen molar-refractivity contribution in [3.05, 3.63) is 29.8 Å². The minimum absolute atomic E-state index is 0.00449. The molecule has 104 valence electrons. The maximum Gasteiger partial charge on any atom is 0.260 e. The van der Waals surface area contributed by atoms with Crippen LogP contribution in [0.2, 0.25) is 0 Å². The van der Waals surface area contributed by atoms with Crippen molar-refractivity contribution in [2.75, 3.05) is 0 Å². The molecule has 1 aliphatic rings. The van der Waals surface area contributed by atoms with Crippen molar-refractivity contribution in [3.63, 3.8) is 0 Å². The second-order valence-electron chi connectivity index (χ2n) is 5.37. The number of aryl methyl sites for hydroxylation is 1. The molecule has 0 radical (unpaired) electrons. The van der Waals surface area contributed by atoms with E-state index in [1.807, 2.05) is 38.1 Å². The van der Waals surface area contributed by atoms with Gasteiger partial charge in [0, 0.05) is 6.04 Å². The fourth-order valence-corrected chi connectivity index (χ4v) is 2.50. The summed E-state index contributed by atoms with van der Waals surface area (Å²) >= 11 is 0. The van der Waals surface area contributed by atoms with E-state index in [1.54, 1.807) is 0 Å². The lowest BCUT2D eigenvalue weighted by Gasteiger charge is -2.25. The lowest BCUT2D eigenvalue weighted by molar-refractivity contribution is -0.128. The van der Waals surface area contributed by atoms with Gasteiger partial charge in [-0.3, -0.25) is 4.79 Å². The minimum atomic E-state index is -0.442. The van der Waals surface area contributed by atoms with Crippen LogP contribution in [0.4, 0.5) is 0 Å². The molecule has 1 aromatic rings. The number of nitrogens with one attached hydrogen (secondary N) is 1. The van der Waals surface area contributed by atoms with Crippen LogP contribution in [0.1, 0.15) is 44.6 Å². The van der Waals surface area contributed by atoms with E-state index in [4.69, 9.17) is 4.74 Å². The summed E-state index contributed by atoms with van der Waals surface area (Å²) in [6.07, 6.45) is 5.49. The molecule has 0 unspecified atom stereocenters. The Morgan fingerprint density at radius 2 is 1.95 bits per heavy atom. The van der Waals surface area contributed by atoms with E-state index in [0.29, 0.717) is 6.04 Å². The van der Waals surface area contributed by atoms with Gasteiger partial charge in [0.2, 0.25) is 0 Å². The van der Waals surface area contributed by atoms with Gasteiger partial charge < -0.3 is 10.1 Å². The Balaban J connectivity index is 1.87. The number of rotatable bonds is 4. The van der Waals surface area contributed by atoms with E-state index in [-0.39, 0.29) is 5.91 Å². The number of hydrogen-bond acceptors (Lipinski definition) is 2. The summed E-state index contributed by atoms with van der Waals surface area (Å²) in [6, 6.07) is 8.12. The lowest BCUT2D eigenvalue weighted by Crippen LogP contribution is -2.43. The molecular formula is C16H23NO2. The first-order chi connectivity index (χ1) is 9.16. The highest BCUT2D eigenvalue weighted by atomic mass is 16.5. The smallest absolute Gasteiger partial charge is 0.260 e. The zero-order valence-electron chi connectivity index (χ0n) is 11.8. The van der Waals surface area contributed by atoms with E-state index in [9.17, 15) is 4.79 Å². The largest absolute Gasteiger partial charge is 0.481 e. The van der Waals surface area contributed by atoms with Crippen LogP contribution in [0.25, 0.3) is 0 Å². The van der Waals surface area contributed by atoms with Crippen LogP contribution in [0.3, 0.4) is 0 Å². The number of amides is 1. The van der Waals surface area contributed by atoms with Crippen molar-refractivity contribution in [3.8, 4) is 5.75 Å². The molecule has 3 heteroatoms. The monoisotopic (exact) mass is 261 g/mol. The van der Waals surface area contributed by atoms with Crippen LogP contribution in [-0.2, 0) is 4.79 Å². The molecular weight excluding hydrogens is 238 g/mol. The van der Waals surface area contributed by atoms with Crippen molar-refractivity contribution < 1.29 is 9.53 Å². The van der Waals surface area contributed by atoms with Crippen molar-refractivity contribution in [1.29, 1.82) is 0 Å². The number of carbonyl (C=O) groups is 1. The number of ether oxygens (including phenoxy) is 1. The summed E-state index contributed by atoms with van der Waals surface area (Å²) in [5.41, 5.74) is 1.06. The summed E-state index contributed by atoms with van der Waals surface area (Å²) in [6.45, 7) is 3.80. The van der Waals surface area contributed by atoms with Crippen LogP contribution in [0, 0.1) is 6.92 Å². The normalized spacial score (nSPS) is 17.8. The zero-order valence-corrected chi connectivity index (χ0v) is 11.8. The van der Waals surface area contributed by atoms with Crippen LogP contribution < -0.4 is 10.1 Å². The molecule has 0 bridgehead atoms. The molecule has 0 heterocycles. The van der Waals surface area contributed by atoms with Gasteiger partial charge in [-0.15, -0.1) is 0 Å². The van der Waals surface area contributed by atoms with E-state index < -0.39 is 6.10 Å². The number of benzene rings is 1. The lowest BCUT2D eigenvalue weighted by atomic mass is 9.95. The Bertz CT molecular complexity index is 425.